The van der Waals surface area contributed by atoms with Crippen LogP contribution in [0, 0.1) is 11.2 Å². The molecule has 1 aliphatic heterocycles. The summed E-state index contributed by atoms with van der Waals surface area (Å²) in [6.07, 6.45) is 3.99. The van der Waals surface area contributed by atoms with E-state index in [1.54, 1.807) is 12.1 Å². The largest absolute Gasteiger partial charge is 0.326 e. The van der Waals surface area contributed by atoms with Gasteiger partial charge < -0.3 is 4.48 Å². The van der Waals surface area contributed by atoms with E-state index in [2.05, 4.69) is 20.9 Å². The number of piperidine rings is 1. The van der Waals surface area contributed by atoms with E-state index >= 15 is 0 Å². The van der Waals surface area contributed by atoms with Gasteiger partial charge in [-0.1, -0.05) is 13.8 Å². The molecule has 0 N–H and O–H groups in total. The van der Waals surface area contributed by atoms with Gasteiger partial charge in [-0.2, -0.15) is 0 Å². The lowest BCUT2D eigenvalue weighted by Crippen LogP contribution is -2.52. The molecule has 1 saturated heterocycles. The number of Topliss-reactive ketones (excluding diaryl/α,β-unsaturated/α-hetero) is 1. The zero-order valence-corrected chi connectivity index (χ0v) is 13.5. The fraction of sp³-hybridized carbons (Fsp3) is 0.611. The third-order valence-electron chi connectivity index (χ3n) is 4.92. The van der Waals surface area contributed by atoms with Crippen LogP contribution in [0.3, 0.4) is 0 Å². The molecule has 1 aromatic rings. The van der Waals surface area contributed by atoms with Crippen LogP contribution in [0.4, 0.5) is 4.39 Å². The van der Waals surface area contributed by atoms with E-state index in [4.69, 9.17) is 0 Å². The summed E-state index contributed by atoms with van der Waals surface area (Å²) in [5.74, 6) is -0.167. The van der Waals surface area contributed by atoms with E-state index in [0.717, 1.165) is 17.4 Å². The van der Waals surface area contributed by atoms with E-state index in [1.165, 1.54) is 38.1 Å². The maximum Gasteiger partial charge on any atom is 0.163 e. The quantitative estimate of drug-likeness (QED) is 0.591. The zero-order valence-electron chi connectivity index (χ0n) is 13.5. The molecule has 2 rings (SSSR count). The van der Waals surface area contributed by atoms with Gasteiger partial charge >= 0.3 is 0 Å². The third-order valence-corrected chi connectivity index (χ3v) is 4.92. The summed E-state index contributed by atoms with van der Waals surface area (Å²) >= 11 is 0. The van der Waals surface area contributed by atoms with Crippen LogP contribution in [0.2, 0.25) is 0 Å². The van der Waals surface area contributed by atoms with Gasteiger partial charge in [0.25, 0.3) is 0 Å². The first kappa shape index (κ1) is 16.2. The summed E-state index contributed by atoms with van der Waals surface area (Å²) in [4.78, 5) is 12.1. The Balaban J connectivity index is 1.79. The van der Waals surface area contributed by atoms with Crippen LogP contribution in [-0.4, -0.2) is 36.9 Å². The van der Waals surface area contributed by atoms with E-state index < -0.39 is 0 Å². The SMILES string of the molecule is CC1(C)CC[N+](C)(CCCC(=O)c2ccc(F)cc2)CC1. The summed E-state index contributed by atoms with van der Waals surface area (Å²) < 4.78 is 13.9. The number of benzene rings is 1. The van der Waals surface area contributed by atoms with Crippen LogP contribution in [0.5, 0.6) is 0 Å². The molecule has 0 unspecified atom stereocenters. The minimum Gasteiger partial charge on any atom is -0.326 e. The molecule has 0 aromatic heterocycles. The van der Waals surface area contributed by atoms with Crippen LogP contribution in [-0.2, 0) is 0 Å². The first-order chi connectivity index (χ1) is 9.80. The van der Waals surface area contributed by atoms with Crippen molar-refractivity contribution in [1.29, 1.82) is 0 Å². The highest BCUT2D eigenvalue weighted by atomic mass is 19.1. The van der Waals surface area contributed by atoms with Crippen molar-refractivity contribution in [1.82, 2.24) is 0 Å². The summed E-state index contributed by atoms with van der Waals surface area (Å²) in [6.45, 7) is 8.15. The van der Waals surface area contributed by atoms with E-state index in [1.807, 2.05) is 0 Å². The smallest absolute Gasteiger partial charge is 0.163 e. The topological polar surface area (TPSA) is 17.1 Å². The molecule has 0 spiro atoms. The van der Waals surface area contributed by atoms with Crippen LogP contribution in [0.1, 0.15) is 49.9 Å². The van der Waals surface area contributed by atoms with E-state index in [0.29, 0.717) is 17.4 Å². The second-order valence-corrected chi connectivity index (χ2v) is 7.49. The highest BCUT2D eigenvalue weighted by Crippen LogP contribution is 2.32. The summed E-state index contributed by atoms with van der Waals surface area (Å²) in [7, 11) is 2.30. The van der Waals surface area contributed by atoms with Gasteiger partial charge in [-0.25, -0.2) is 4.39 Å². The third kappa shape index (κ3) is 4.63. The molecule has 0 amide bonds. The van der Waals surface area contributed by atoms with Crippen molar-refractivity contribution < 1.29 is 13.7 Å². The Morgan fingerprint density at radius 2 is 1.76 bits per heavy atom. The lowest BCUT2D eigenvalue weighted by molar-refractivity contribution is -0.916. The molecule has 1 heterocycles. The van der Waals surface area contributed by atoms with Crippen molar-refractivity contribution in [2.45, 2.75) is 39.5 Å². The highest BCUT2D eigenvalue weighted by molar-refractivity contribution is 5.95. The minimum atomic E-state index is -0.291. The van der Waals surface area contributed by atoms with Crippen molar-refractivity contribution >= 4 is 5.78 Å². The Morgan fingerprint density at radius 3 is 2.33 bits per heavy atom. The number of rotatable bonds is 5. The second-order valence-electron chi connectivity index (χ2n) is 7.49. The average molecular weight is 292 g/mol. The number of carbonyl (C=O) groups is 1. The van der Waals surface area contributed by atoms with Gasteiger partial charge in [-0.15, -0.1) is 0 Å². The molecule has 3 heteroatoms. The van der Waals surface area contributed by atoms with Crippen molar-refractivity contribution in [3.8, 4) is 0 Å². The Kier molecular flexibility index (Phi) is 4.82. The van der Waals surface area contributed by atoms with Crippen molar-refractivity contribution in [3.05, 3.63) is 35.6 Å². The normalized spacial score (nSPS) is 20.2. The maximum absolute atomic E-state index is 12.8. The first-order valence-corrected chi connectivity index (χ1v) is 7.92. The molecule has 2 nitrogen and oxygen atoms in total. The van der Waals surface area contributed by atoms with E-state index in [-0.39, 0.29) is 11.6 Å². The van der Waals surface area contributed by atoms with Crippen LogP contribution in [0.15, 0.2) is 24.3 Å². The molecular weight excluding hydrogens is 265 g/mol. The molecule has 1 fully saturated rings. The molecule has 0 bridgehead atoms. The first-order valence-electron chi connectivity index (χ1n) is 7.92. The standard InChI is InChI=1S/C18H27FNO/c1-18(2)10-13-20(3,14-11-18)12-4-5-17(21)15-6-8-16(19)9-7-15/h6-9H,4-5,10-14H2,1-3H3/q+1. The number of likely N-dealkylation sites (tertiary alicyclic amines) is 1. The Labute approximate surface area is 127 Å². The number of halogens is 1. The zero-order chi connectivity index (χ0) is 15.5. The van der Waals surface area contributed by atoms with Gasteiger partial charge in [0, 0.05) is 31.2 Å². The highest BCUT2D eigenvalue weighted by Gasteiger charge is 2.33. The number of carbonyl (C=O) groups excluding carboxylic acids is 1. The van der Waals surface area contributed by atoms with Crippen molar-refractivity contribution in [3.63, 3.8) is 0 Å². The van der Waals surface area contributed by atoms with Gasteiger partial charge in [0.15, 0.2) is 5.78 Å². The lowest BCUT2D eigenvalue weighted by Gasteiger charge is -2.43. The number of nitrogens with zero attached hydrogens (tertiary/aromatic N) is 1. The average Bonchev–Trinajstić information content (AvgIpc) is 2.43. The maximum atomic E-state index is 12.8. The van der Waals surface area contributed by atoms with Crippen molar-refractivity contribution in [2.24, 2.45) is 5.41 Å². The fourth-order valence-corrected chi connectivity index (χ4v) is 3.01. The summed E-state index contributed by atoms with van der Waals surface area (Å²) in [5, 5.41) is 0. The molecule has 0 aliphatic carbocycles. The molecule has 0 radical (unpaired) electrons. The van der Waals surface area contributed by atoms with Gasteiger partial charge in [-0.3, -0.25) is 4.79 Å². The predicted molar refractivity (Wildman–Crippen MR) is 83.8 cm³/mol. The molecule has 1 aliphatic rings. The monoisotopic (exact) mass is 292 g/mol. The van der Waals surface area contributed by atoms with Crippen LogP contribution < -0.4 is 0 Å². The number of quaternary nitrogens is 1. The number of ketones is 1. The number of hydrogen-bond donors (Lipinski definition) is 0. The van der Waals surface area contributed by atoms with Gasteiger partial charge in [0.2, 0.25) is 0 Å². The molecule has 0 saturated carbocycles. The predicted octanol–water partition coefficient (Wildman–Crippen LogP) is 4.06. The van der Waals surface area contributed by atoms with Crippen LogP contribution in [0.25, 0.3) is 0 Å². The van der Waals surface area contributed by atoms with Gasteiger partial charge in [0.05, 0.1) is 26.7 Å². The van der Waals surface area contributed by atoms with Crippen molar-refractivity contribution in [2.75, 3.05) is 26.7 Å². The Morgan fingerprint density at radius 1 is 1.19 bits per heavy atom. The lowest BCUT2D eigenvalue weighted by atomic mass is 9.81. The molecular formula is C18H27FNO+. The number of hydrogen-bond acceptors (Lipinski definition) is 1. The molecule has 116 valence electrons. The van der Waals surface area contributed by atoms with Gasteiger partial charge in [-0.05, 0) is 29.7 Å². The second kappa shape index (κ2) is 6.27. The molecule has 1 aromatic carbocycles. The molecule has 0 atom stereocenters. The van der Waals surface area contributed by atoms with Gasteiger partial charge in [0.1, 0.15) is 5.82 Å². The molecule has 21 heavy (non-hydrogen) atoms. The Hall–Kier alpha value is -1.22. The summed E-state index contributed by atoms with van der Waals surface area (Å²) in [6, 6.07) is 5.87. The minimum absolute atomic E-state index is 0.124. The fourth-order valence-electron chi connectivity index (χ4n) is 3.01. The Bertz CT molecular complexity index is 482. The van der Waals surface area contributed by atoms with E-state index in [9.17, 15) is 9.18 Å². The van der Waals surface area contributed by atoms with Crippen LogP contribution >= 0.6 is 0 Å². The summed E-state index contributed by atoms with van der Waals surface area (Å²) in [5.41, 5.74) is 1.10.